The van der Waals surface area contributed by atoms with E-state index >= 15 is 0 Å². The van der Waals surface area contributed by atoms with Gasteiger partial charge in [-0.15, -0.1) is 0 Å². The highest BCUT2D eigenvalue weighted by Crippen LogP contribution is 2.28. The number of benzene rings is 1. The molecule has 6 heteroatoms. The normalized spacial score (nSPS) is 12.3. The minimum absolute atomic E-state index is 0.00808. The Morgan fingerprint density at radius 2 is 1.69 bits per heavy atom. The fraction of sp³-hybridized carbons (Fsp3) is 0.600. The summed E-state index contributed by atoms with van der Waals surface area (Å²) in [5, 5.41) is 0. The summed E-state index contributed by atoms with van der Waals surface area (Å²) >= 11 is 0. The van der Waals surface area contributed by atoms with Crippen molar-refractivity contribution in [1.29, 1.82) is 0 Å². The van der Waals surface area contributed by atoms with Crippen LogP contribution in [0.2, 0.25) is 0 Å². The van der Waals surface area contributed by atoms with E-state index in [1.165, 1.54) is 7.11 Å². The molecule has 0 aliphatic carbocycles. The summed E-state index contributed by atoms with van der Waals surface area (Å²) in [6.07, 6.45) is 0.649. The Balaban J connectivity index is 2.92. The van der Waals surface area contributed by atoms with E-state index in [1.807, 2.05) is 39.0 Å². The highest BCUT2D eigenvalue weighted by molar-refractivity contribution is 5.82. The molecular weight excluding hydrogens is 334 g/mol. The molecule has 146 valence electrons. The third kappa shape index (κ3) is 5.93. The Morgan fingerprint density at radius 1 is 1.08 bits per heavy atom. The zero-order chi connectivity index (χ0) is 19.9. The summed E-state index contributed by atoms with van der Waals surface area (Å²) in [4.78, 5) is 26.3. The second-order valence-corrected chi connectivity index (χ2v) is 7.36. The van der Waals surface area contributed by atoms with E-state index in [4.69, 9.17) is 14.2 Å². The van der Waals surface area contributed by atoms with E-state index in [2.05, 4.69) is 0 Å². The van der Waals surface area contributed by atoms with Crippen molar-refractivity contribution in [2.45, 2.75) is 34.1 Å². The number of carbonyl (C=O) groups is 2. The zero-order valence-electron chi connectivity index (χ0n) is 16.9. The lowest BCUT2D eigenvalue weighted by molar-refractivity contribution is -0.148. The highest BCUT2D eigenvalue weighted by atomic mass is 16.5. The van der Waals surface area contributed by atoms with Crippen LogP contribution in [0.1, 0.15) is 33.3 Å². The molecule has 0 aliphatic heterocycles. The quantitative estimate of drug-likeness (QED) is 0.663. The molecule has 0 saturated carbocycles. The molecule has 0 aromatic heterocycles. The van der Waals surface area contributed by atoms with E-state index in [1.54, 1.807) is 26.0 Å². The molecule has 0 aliphatic rings. The van der Waals surface area contributed by atoms with E-state index < -0.39 is 5.41 Å². The number of ether oxygens (including phenoxy) is 3. The smallest absolute Gasteiger partial charge is 0.310 e. The van der Waals surface area contributed by atoms with Crippen LogP contribution >= 0.6 is 0 Å². The first kappa shape index (κ1) is 21.8. The van der Waals surface area contributed by atoms with Crippen molar-refractivity contribution >= 4 is 11.9 Å². The molecule has 1 aromatic rings. The monoisotopic (exact) mass is 365 g/mol. The fourth-order valence-corrected chi connectivity index (χ4v) is 2.66. The first-order chi connectivity index (χ1) is 12.1. The molecule has 0 N–H and O–H groups in total. The molecule has 1 rings (SSSR count). The lowest BCUT2D eigenvalue weighted by atomic mass is 9.94. The molecule has 26 heavy (non-hydrogen) atoms. The highest BCUT2D eigenvalue weighted by Gasteiger charge is 2.29. The number of amides is 1. The van der Waals surface area contributed by atoms with Crippen LogP contribution in [0.3, 0.4) is 0 Å². The van der Waals surface area contributed by atoms with E-state index in [9.17, 15) is 9.59 Å². The van der Waals surface area contributed by atoms with E-state index in [0.717, 1.165) is 5.56 Å². The average Bonchev–Trinajstić information content (AvgIpc) is 2.62. The maximum atomic E-state index is 12.8. The molecule has 0 bridgehead atoms. The largest absolute Gasteiger partial charge is 0.493 e. The summed E-state index contributed by atoms with van der Waals surface area (Å²) in [6.45, 7) is 8.23. The Labute approximate surface area is 156 Å². The fourth-order valence-electron chi connectivity index (χ4n) is 2.66. The van der Waals surface area contributed by atoms with Crippen molar-refractivity contribution in [1.82, 2.24) is 4.90 Å². The maximum absolute atomic E-state index is 12.8. The summed E-state index contributed by atoms with van der Waals surface area (Å²) in [7, 11) is 4.54. The summed E-state index contributed by atoms with van der Waals surface area (Å²) < 4.78 is 15.4. The Morgan fingerprint density at radius 3 is 2.19 bits per heavy atom. The van der Waals surface area contributed by atoms with Gasteiger partial charge in [0.15, 0.2) is 11.5 Å². The molecule has 0 spiro atoms. The summed E-state index contributed by atoms with van der Waals surface area (Å²) in [5.74, 6) is 0.632. The van der Waals surface area contributed by atoms with Crippen molar-refractivity contribution in [3.8, 4) is 11.5 Å². The van der Waals surface area contributed by atoms with Gasteiger partial charge in [0.1, 0.15) is 0 Å². The van der Waals surface area contributed by atoms with Gasteiger partial charge in [0, 0.05) is 18.5 Å². The van der Waals surface area contributed by atoms with Crippen molar-refractivity contribution in [2.24, 2.45) is 11.3 Å². The minimum atomic E-state index is -0.520. The Hall–Kier alpha value is -2.24. The van der Waals surface area contributed by atoms with Crippen molar-refractivity contribution in [3.63, 3.8) is 0 Å². The standard InChI is InChI=1S/C20H31NO5/c1-14(18(22)26-7)13-21(19(23)20(2,3)4)11-10-15-8-9-16(24-5)17(12-15)25-6/h8-9,12,14H,10-11,13H2,1-7H3. The molecule has 0 heterocycles. The molecule has 0 saturated heterocycles. The predicted molar refractivity (Wildman–Crippen MR) is 100 cm³/mol. The van der Waals surface area contributed by atoms with Gasteiger partial charge in [-0.3, -0.25) is 9.59 Å². The van der Waals surface area contributed by atoms with Gasteiger partial charge in [-0.05, 0) is 24.1 Å². The van der Waals surface area contributed by atoms with Gasteiger partial charge < -0.3 is 19.1 Å². The van der Waals surface area contributed by atoms with Gasteiger partial charge in [-0.2, -0.15) is 0 Å². The van der Waals surface area contributed by atoms with Crippen LogP contribution in [0.25, 0.3) is 0 Å². The van der Waals surface area contributed by atoms with Gasteiger partial charge in [0.25, 0.3) is 0 Å². The number of methoxy groups -OCH3 is 3. The molecule has 1 aromatic carbocycles. The van der Waals surface area contributed by atoms with Gasteiger partial charge in [0.05, 0.1) is 27.2 Å². The van der Waals surface area contributed by atoms with Crippen LogP contribution in [0.4, 0.5) is 0 Å². The van der Waals surface area contributed by atoms with Crippen molar-refractivity contribution in [2.75, 3.05) is 34.4 Å². The van der Waals surface area contributed by atoms with Gasteiger partial charge in [-0.25, -0.2) is 0 Å². The van der Waals surface area contributed by atoms with Crippen LogP contribution in [0.15, 0.2) is 18.2 Å². The number of nitrogens with zero attached hydrogens (tertiary/aromatic N) is 1. The minimum Gasteiger partial charge on any atom is -0.493 e. The van der Waals surface area contributed by atoms with Crippen LogP contribution in [-0.2, 0) is 20.7 Å². The third-order valence-corrected chi connectivity index (χ3v) is 4.14. The number of carbonyl (C=O) groups excluding carboxylic acids is 2. The second-order valence-electron chi connectivity index (χ2n) is 7.36. The SMILES string of the molecule is COC(=O)C(C)CN(CCc1ccc(OC)c(OC)c1)C(=O)C(C)(C)C. The lowest BCUT2D eigenvalue weighted by Gasteiger charge is -2.31. The van der Waals surface area contributed by atoms with Gasteiger partial charge in [0.2, 0.25) is 5.91 Å². The van der Waals surface area contributed by atoms with Crippen LogP contribution in [0, 0.1) is 11.3 Å². The van der Waals surface area contributed by atoms with Crippen LogP contribution in [0.5, 0.6) is 11.5 Å². The van der Waals surface area contributed by atoms with Gasteiger partial charge in [-0.1, -0.05) is 33.8 Å². The lowest BCUT2D eigenvalue weighted by Crippen LogP contribution is -2.44. The first-order valence-electron chi connectivity index (χ1n) is 8.72. The van der Waals surface area contributed by atoms with Gasteiger partial charge >= 0.3 is 5.97 Å². The molecule has 0 fully saturated rings. The van der Waals surface area contributed by atoms with E-state index in [0.29, 0.717) is 31.0 Å². The first-order valence-corrected chi connectivity index (χ1v) is 8.72. The summed E-state index contributed by atoms with van der Waals surface area (Å²) in [5.41, 5.74) is 0.507. The predicted octanol–water partition coefficient (Wildman–Crippen LogP) is 2.93. The van der Waals surface area contributed by atoms with Crippen LogP contribution < -0.4 is 9.47 Å². The molecule has 1 unspecified atom stereocenters. The molecular formula is C20H31NO5. The second kappa shape index (κ2) is 9.46. The third-order valence-electron chi connectivity index (χ3n) is 4.14. The topological polar surface area (TPSA) is 65.1 Å². The maximum Gasteiger partial charge on any atom is 0.310 e. The molecule has 1 atom stereocenters. The Kier molecular flexibility index (Phi) is 7.93. The van der Waals surface area contributed by atoms with Crippen molar-refractivity contribution in [3.05, 3.63) is 23.8 Å². The van der Waals surface area contributed by atoms with E-state index in [-0.39, 0.29) is 17.8 Å². The molecule has 0 radical (unpaired) electrons. The number of rotatable bonds is 8. The molecule has 6 nitrogen and oxygen atoms in total. The zero-order valence-corrected chi connectivity index (χ0v) is 16.9. The Bertz CT molecular complexity index is 621. The number of esters is 1. The number of hydrogen-bond donors (Lipinski definition) is 0. The van der Waals surface area contributed by atoms with Crippen molar-refractivity contribution < 1.29 is 23.8 Å². The number of hydrogen-bond acceptors (Lipinski definition) is 5. The summed E-state index contributed by atoms with van der Waals surface area (Å²) in [6, 6.07) is 5.70. The van der Waals surface area contributed by atoms with Crippen LogP contribution in [-0.4, -0.2) is 51.2 Å². The molecule has 1 amide bonds. The average molecular weight is 365 g/mol.